The van der Waals surface area contributed by atoms with E-state index in [1.165, 1.54) is 64.3 Å². The number of amides is 3. The van der Waals surface area contributed by atoms with Crippen LogP contribution in [0.2, 0.25) is 0 Å². The molecule has 0 spiro atoms. The molecule has 2 heterocycles. The van der Waals surface area contributed by atoms with Crippen molar-refractivity contribution in [2.24, 2.45) is 11.8 Å². The monoisotopic (exact) mass is 483 g/mol. The summed E-state index contributed by atoms with van der Waals surface area (Å²) in [7, 11) is 0. The number of carbonyl (C=O) groups is 3. The molecule has 4 atom stereocenters. The maximum Gasteiger partial charge on any atom is 0.255 e. The highest BCUT2D eigenvalue weighted by Crippen LogP contribution is 2.44. The Bertz CT molecular complexity index is 936. The van der Waals surface area contributed by atoms with Gasteiger partial charge < -0.3 is 10.2 Å². The molecule has 4 aliphatic rings. The topological polar surface area (TPSA) is 78.5 Å². The molecule has 7 heteroatoms. The molecule has 34 heavy (non-hydrogen) atoms. The summed E-state index contributed by atoms with van der Waals surface area (Å²) >= 11 is 1.82. The van der Waals surface area contributed by atoms with E-state index in [0.717, 1.165) is 34.1 Å². The van der Waals surface area contributed by atoms with Gasteiger partial charge in [-0.3, -0.25) is 19.7 Å². The summed E-state index contributed by atoms with van der Waals surface area (Å²) in [5.41, 5.74) is 1.74. The van der Waals surface area contributed by atoms with Gasteiger partial charge in [0, 0.05) is 29.5 Å². The minimum absolute atomic E-state index is 0.0917. The normalized spacial score (nSPS) is 28.0. The molecular weight excluding hydrogens is 446 g/mol. The zero-order valence-electron chi connectivity index (χ0n) is 20.0. The fourth-order valence-electron chi connectivity index (χ4n) is 6.41. The average molecular weight is 484 g/mol. The first-order valence-corrected chi connectivity index (χ1v) is 14.2. The van der Waals surface area contributed by atoms with Crippen molar-refractivity contribution >= 4 is 29.5 Å². The van der Waals surface area contributed by atoms with Gasteiger partial charge in [0.15, 0.2) is 0 Å². The lowest BCUT2D eigenvalue weighted by atomic mass is 9.95. The van der Waals surface area contributed by atoms with Crippen molar-refractivity contribution in [3.05, 3.63) is 29.3 Å². The second-order valence-corrected chi connectivity index (χ2v) is 11.7. The van der Waals surface area contributed by atoms with Crippen LogP contribution in [-0.2, 0) is 16.1 Å². The molecule has 2 aliphatic carbocycles. The van der Waals surface area contributed by atoms with Crippen molar-refractivity contribution in [2.45, 2.75) is 94.2 Å². The number of rotatable bonds is 11. The lowest BCUT2D eigenvalue weighted by Crippen LogP contribution is -2.52. The Labute approximate surface area is 207 Å². The predicted molar refractivity (Wildman–Crippen MR) is 134 cm³/mol. The van der Waals surface area contributed by atoms with E-state index in [2.05, 4.69) is 16.7 Å². The number of imide groups is 1. The van der Waals surface area contributed by atoms with Crippen LogP contribution >= 0.6 is 11.8 Å². The zero-order chi connectivity index (χ0) is 23.5. The summed E-state index contributed by atoms with van der Waals surface area (Å²) in [4.78, 5) is 39.5. The van der Waals surface area contributed by atoms with Crippen LogP contribution in [0, 0.1) is 11.8 Å². The van der Waals surface area contributed by atoms with Crippen molar-refractivity contribution in [3.8, 4) is 0 Å². The number of carbonyl (C=O) groups excluding carboxylic acids is 3. The van der Waals surface area contributed by atoms with E-state index in [9.17, 15) is 14.4 Å². The van der Waals surface area contributed by atoms with Crippen LogP contribution in [0.3, 0.4) is 0 Å². The van der Waals surface area contributed by atoms with Crippen molar-refractivity contribution in [3.63, 3.8) is 0 Å². The van der Waals surface area contributed by atoms with Crippen LogP contribution in [0.1, 0.15) is 86.6 Å². The van der Waals surface area contributed by atoms with Crippen LogP contribution in [0.15, 0.2) is 23.1 Å². The van der Waals surface area contributed by atoms with Gasteiger partial charge in [0.1, 0.15) is 6.04 Å². The van der Waals surface area contributed by atoms with Crippen LogP contribution in [0.5, 0.6) is 0 Å². The maximum atomic E-state index is 12.9. The Morgan fingerprint density at radius 3 is 2.65 bits per heavy atom. The van der Waals surface area contributed by atoms with E-state index in [0.29, 0.717) is 18.5 Å². The van der Waals surface area contributed by atoms with Gasteiger partial charge in [-0.2, -0.15) is 0 Å². The highest BCUT2D eigenvalue weighted by molar-refractivity contribution is 7.99. The average Bonchev–Trinajstić information content (AvgIpc) is 3.53. The maximum absolute atomic E-state index is 12.9. The molecule has 184 valence electrons. The molecule has 3 unspecified atom stereocenters. The molecule has 3 fully saturated rings. The van der Waals surface area contributed by atoms with Gasteiger partial charge in [-0.25, -0.2) is 0 Å². The number of benzene rings is 1. The third-order valence-corrected chi connectivity index (χ3v) is 9.45. The van der Waals surface area contributed by atoms with Crippen molar-refractivity contribution in [2.75, 3.05) is 12.3 Å². The van der Waals surface area contributed by atoms with Crippen LogP contribution in [-0.4, -0.2) is 47.0 Å². The molecule has 6 nitrogen and oxygen atoms in total. The number of thioether (sulfide) groups is 1. The second kappa shape index (κ2) is 10.8. The Hall–Kier alpha value is -1.86. The third kappa shape index (κ3) is 5.20. The first kappa shape index (κ1) is 23.9. The smallest absolute Gasteiger partial charge is 0.255 e. The van der Waals surface area contributed by atoms with Crippen molar-refractivity contribution in [1.29, 1.82) is 0 Å². The van der Waals surface area contributed by atoms with Crippen LogP contribution in [0.4, 0.5) is 0 Å². The summed E-state index contributed by atoms with van der Waals surface area (Å²) in [6.45, 7) is 1.63. The Balaban J connectivity index is 1.00. The Kier molecular flexibility index (Phi) is 7.59. The number of fused-ring (bicyclic) bond motifs is 3. The quantitative estimate of drug-likeness (QED) is 0.279. The predicted octanol–water partition coefficient (Wildman–Crippen LogP) is 4.27. The molecule has 2 N–H and O–H groups in total. The summed E-state index contributed by atoms with van der Waals surface area (Å²) in [5.74, 6) is 2.34. The first-order chi connectivity index (χ1) is 16.6. The third-order valence-electron chi connectivity index (χ3n) is 8.26. The summed E-state index contributed by atoms with van der Waals surface area (Å²) in [5, 5.41) is 6.19. The summed E-state index contributed by atoms with van der Waals surface area (Å²) < 4.78 is 0. The van der Waals surface area contributed by atoms with E-state index < -0.39 is 6.04 Å². The van der Waals surface area contributed by atoms with Gasteiger partial charge in [0.05, 0.1) is 0 Å². The van der Waals surface area contributed by atoms with Gasteiger partial charge in [0.2, 0.25) is 11.8 Å². The summed E-state index contributed by atoms with van der Waals surface area (Å²) in [6, 6.07) is 6.15. The molecule has 3 amide bonds. The van der Waals surface area contributed by atoms with E-state index in [-0.39, 0.29) is 24.1 Å². The molecule has 1 aromatic carbocycles. The molecule has 1 saturated heterocycles. The number of nitrogens with zero attached hydrogens (tertiary/aromatic N) is 1. The van der Waals surface area contributed by atoms with Gasteiger partial charge >= 0.3 is 0 Å². The van der Waals surface area contributed by atoms with Gasteiger partial charge in [-0.05, 0) is 80.4 Å². The molecule has 2 aliphatic heterocycles. The lowest BCUT2D eigenvalue weighted by Gasteiger charge is -2.29. The standard InChI is InChI=1S/C27H37N3O3S/c31-25-12-11-23(26(32)29-25)30-17-21-20(27(30)33)7-6-8-24(21)34-14-5-3-1-2-4-13-28-22-16-18-9-10-19(22)15-18/h6-8,18-19,22-23,28H,1-5,9-17H2,(H,29,31,32)/t18?,19?,22-,23?/m0/s1. The highest BCUT2D eigenvalue weighted by Gasteiger charge is 2.40. The Morgan fingerprint density at radius 2 is 1.85 bits per heavy atom. The molecule has 1 aromatic rings. The van der Waals surface area contributed by atoms with Crippen molar-refractivity contribution < 1.29 is 14.4 Å². The molecular formula is C27H37N3O3S. The zero-order valence-corrected chi connectivity index (χ0v) is 20.8. The number of hydrogen-bond acceptors (Lipinski definition) is 5. The van der Waals surface area contributed by atoms with E-state index >= 15 is 0 Å². The van der Waals surface area contributed by atoms with Crippen LogP contribution < -0.4 is 10.6 Å². The van der Waals surface area contributed by atoms with E-state index in [4.69, 9.17) is 0 Å². The lowest BCUT2D eigenvalue weighted by molar-refractivity contribution is -0.136. The first-order valence-electron chi connectivity index (χ1n) is 13.2. The van der Waals surface area contributed by atoms with Gasteiger partial charge in [0.25, 0.3) is 5.91 Å². The molecule has 2 saturated carbocycles. The van der Waals surface area contributed by atoms with Crippen LogP contribution in [0.25, 0.3) is 0 Å². The number of hydrogen-bond donors (Lipinski definition) is 2. The summed E-state index contributed by atoms with van der Waals surface area (Å²) in [6.07, 6.45) is 12.8. The minimum Gasteiger partial charge on any atom is -0.322 e. The fourth-order valence-corrected chi connectivity index (χ4v) is 7.51. The molecule has 0 radical (unpaired) electrons. The fraction of sp³-hybridized carbons (Fsp3) is 0.667. The highest BCUT2D eigenvalue weighted by atomic mass is 32.2. The SMILES string of the molecule is O=C1CCC(N2Cc3c(SCCCCCCCN[C@H]4CC5CCC4C5)cccc3C2=O)C(=O)N1. The molecule has 5 rings (SSSR count). The van der Waals surface area contributed by atoms with E-state index in [1.807, 2.05) is 23.9 Å². The van der Waals surface area contributed by atoms with E-state index in [1.54, 1.807) is 4.90 Å². The van der Waals surface area contributed by atoms with Gasteiger partial charge in [-0.15, -0.1) is 11.8 Å². The molecule has 2 bridgehead atoms. The number of nitrogens with one attached hydrogen (secondary N) is 2. The minimum atomic E-state index is -0.547. The molecule has 0 aromatic heterocycles. The van der Waals surface area contributed by atoms with Gasteiger partial charge in [-0.1, -0.05) is 31.7 Å². The van der Waals surface area contributed by atoms with Crippen molar-refractivity contribution in [1.82, 2.24) is 15.5 Å². The Morgan fingerprint density at radius 1 is 1.00 bits per heavy atom. The largest absolute Gasteiger partial charge is 0.322 e. The number of unbranched alkanes of at least 4 members (excludes halogenated alkanes) is 4. The second-order valence-electron chi connectivity index (χ2n) is 10.5. The number of piperidine rings is 1.